The highest BCUT2D eigenvalue weighted by molar-refractivity contribution is 7.15. The molecule has 0 unspecified atom stereocenters. The van der Waals surface area contributed by atoms with Gasteiger partial charge in [-0.15, -0.1) is 10.2 Å². The number of amides is 2. The van der Waals surface area contributed by atoms with E-state index < -0.39 is 0 Å². The number of nitrogens with zero attached hydrogens (tertiary/aromatic N) is 3. The minimum absolute atomic E-state index is 0.0255. The van der Waals surface area contributed by atoms with Gasteiger partial charge >= 0.3 is 6.03 Å². The van der Waals surface area contributed by atoms with Gasteiger partial charge < -0.3 is 9.64 Å². The summed E-state index contributed by atoms with van der Waals surface area (Å²) in [5, 5.41) is 12.3. The number of aromatic nitrogens is 2. The van der Waals surface area contributed by atoms with Crippen molar-refractivity contribution in [1.82, 2.24) is 15.1 Å². The van der Waals surface area contributed by atoms with E-state index in [4.69, 9.17) is 4.74 Å². The van der Waals surface area contributed by atoms with Gasteiger partial charge in [0.1, 0.15) is 5.01 Å². The van der Waals surface area contributed by atoms with Crippen molar-refractivity contribution in [2.75, 3.05) is 25.0 Å². The van der Waals surface area contributed by atoms with Crippen molar-refractivity contribution in [3.05, 3.63) is 40.9 Å². The zero-order valence-electron chi connectivity index (χ0n) is 13.1. The zero-order chi connectivity index (χ0) is 16.1. The second-order valence-electron chi connectivity index (χ2n) is 5.41. The SMILES string of the molecule is CCc1nnc(NC(=O)N2CCO[C@@H](Cc3ccccc3)C2)s1. The van der Waals surface area contributed by atoms with E-state index in [9.17, 15) is 4.79 Å². The lowest BCUT2D eigenvalue weighted by Gasteiger charge is -2.32. The number of hydrogen-bond donors (Lipinski definition) is 1. The Bertz CT molecular complexity index is 647. The van der Waals surface area contributed by atoms with Gasteiger partial charge in [0.15, 0.2) is 0 Å². The lowest BCUT2D eigenvalue weighted by Crippen LogP contribution is -2.48. The van der Waals surface area contributed by atoms with Crippen LogP contribution in [0, 0.1) is 0 Å². The van der Waals surface area contributed by atoms with Crippen molar-refractivity contribution in [2.24, 2.45) is 0 Å². The molecule has 1 atom stereocenters. The van der Waals surface area contributed by atoms with Gasteiger partial charge in [-0.25, -0.2) is 4.79 Å². The Hall–Kier alpha value is -1.99. The van der Waals surface area contributed by atoms with Crippen LogP contribution >= 0.6 is 11.3 Å². The van der Waals surface area contributed by atoms with Crippen LogP contribution in [0.15, 0.2) is 30.3 Å². The Morgan fingerprint density at radius 1 is 1.39 bits per heavy atom. The Morgan fingerprint density at radius 2 is 2.22 bits per heavy atom. The standard InChI is InChI=1S/C16H20N4O2S/c1-2-14-18-19-15(23-14)17-16(21)20-8-9-22-13(11-20)10-12-6-4-3-5-7-12/h3-7,13H,2,8-11H2,1H3,(H,17,19,21)/t13-/m0/s1. The largest absolute Gasteiger partial charge is 0.374 e. The zero-order valence-corrected chi connectivity index (χ0v) is 13.9. The van der Waals surface area contributed by atoms with Gasteiger partial charge in [0.2, 0.25) is 5.13 Å². The number of hydrogen-bond acceptors (Lipinski definition) is 5. The van der Waals surface area contributed by atoms with Crippen LogP contribution in [0.5, 0.6) is 0 Å². The van der Waals surface area contributed by atoms with Crippen LogP contribution in [0.3, 0.4) is 0 Å². The highest BCUT2D eigenvalue weighted by Gasteiger charge is 2.25. The first-order chi connectivity index (χ1) is 11.2. The minimum atomic E-state index is -0.134. The molecule has 1 aliphatic rings. The summed E-state index contributed by atoms with van der Waals surface area (Å²) in [5.41, 5.74) is 1.22. The third-order valence-electron chi connectivity index (χ3n) is 3.72. The molecule has 2 aromatic rings. The van der Waals surface area contributed by atoms with Gasteiger partial charge in [-0.05, 0) is 12.0 Å². The molecule has 2 heterocycles. The van der Waals surface area contributed by atoms with E-state index in [1.807, 2.05) is 25.1 Å². The van der Waals surface area contributed by atoms with Gasteiger partial charge in [-0.2, -0.15) is 0 Å². The molecule has 23 heavy (non-hydrogen) atoms. The Balaban J connectivity index is 1.56. The Kier molecular flexibility index (Phi) is 5.19. The fourth-order valence-corrected chi connectivity index (χ4v) is 3.19. The lowest BCUT2D eigenvalue weighted by atomic mass is 10.1. The van der Waals surface area contributed by atoms with Crippen LogP contribution in [0.1, 0.15) is 17.5 Å². The number of rotatable bonds is 4. The van der Waals surface area contributed by atoms with E-state index in [2.05, 4.69) is 27.6 Å². The summed E-state index contributed by atoms with van der Waals surface area (Å²) in [6.07, 6.45) is 1.66. The molecule has 1 aliphatic heterocycles. The van der Waals surface area contributed by atoms with Crippen molar-refractivity contribution in [1.29, 1.82) is 0 Å². The van der Waals surface area contributed by atoms with Crippen LogP contribution in [0.25, 0.3) is 0 Å². The molecule has 7 heteroatoms. The number of urea groups is 1. The molecule has 3 rings (SSSR count). The van der Waals surface area contributed by atoms with Crippen LogP contribution in [-0.2, 0) is 17.6 Å². The van der Waals surface area contributed by atoms with E-state index in [1.165, 1.54) is 16.9 Å². The highest BCUT2D eigenvalue weighted by Crippen LogP contribution is 2.17. The fraction of sp³-hybridized carbons (Fsp3) is 0.438. The summed E-state index contributed by atoms with van der Waals surface area (Å²) in [6, 6.07) is 10.1. The van der Waals surface area contributed by atoms with Crippen molar-refractivity contribution < 1.29 is 9.53 Å². The van der Waals surface area contributed by atoms with Crippen LogP contribution in [0.4, 0.5) is 9.93 Å². The van der Waals surface area contributed by atoms with Crippen LogP contribution < -0.4 is 5.32 Å². The fourth-order valence-electron chi connectivity index (χ4n) is 2.52. The number of aryl methyl sites for hydroxylation is 1. The molecule has 122 valence electrons. The topological polar surface area (TPSA) is 67.4 Å². The molecule has 2 amide bonds. The number of carbonyl (C=O) groups excluding carboxylic acids is 1. The maximum atomic E-state index is 12.4. The summed E-state index contributed by atoms with van der Waals surface area (Å²) in [5.74, 6) is 0. The molecule has 0 aliphatic carbocycles. The molecule has 0 radical (unpaired) electrons. The first kappa shape index (κ1) is 15.9. The molecule has 1 aromatic heterocycles. The quantitative estimate of drug-likeness (QED) is 0.934. The molecular weight excluding hydrogens is 312 g/mol. The van der Waals surface area contributed by atoms with E-state index in [0.29, 0.717) is 24.8 Å². The summed E-state index contributed by atoms with van der Waals surface area (Å²) in [6.45, 7) is 3.75. The van der Waals surface area contributed by atoms with Gasteiger partial charge in [0, 0.05) is 19.5 Å². The number of ether oxygens (including phenoxy) is 1. The summed E-state index contributed by atoms with van der Waals surface area (Å²) < 4.78 is 5.79. The molecule has 1 N–H and O–H groups in total. The van der Waals surface area contributed by atoms with E-state index in [-0.39, 0.29) is 12.1 Å². The molecule has 1 saturated heterocycles. The van der Waals surface area contributed by atoms with Crippen molar-refractivity contribution in [3.63, 3.8) is 0 Å². The maximum absolute atomic E-state index is 12.4. The van der Waals surface area contributed by atoms with Crippen molar-refractivity contribution in [2.45, 2.75) is 25.9 Å². The average molecular weight is 332 g/mol. The second-order valence-corrected chi connectivity index (χ2v) is 6.48. The summed E-state index contributed by atoms with van der Waals surface area (Å²) in [4.78, 5) is 14.1. The average Bonchev–Trinajstić information content (AvgIpc) is 3.03. The number of nitrogens with one attached hydrogen (secondary N) is 1. The summed E-state index contributed by atoms with van der Waals surface area (Å²) >= 11 is 1.42. The third kappa shape index (κ3) is 4.27. The van der Waals surface area contributed by atoms with Crippen LogP contribution in [0.2, 0.25) is 0 Å². The normalized spacial score (nSPS) is 18.0. The first-order valence-corrected chi connectivity index (χ1v) is 8.60. The molecular formula is C16H20N4O2S. The second kappa shape index (κ2) is 7.52. The maximum Gasteiger partial charge on any atom is 0.323 e. The lowest BCUT2D eigenvalue weighted by molar-refractivity contribution is -0.0113. The summed E-state index contributed by atoms with van der Waals surface area (Å²) in [7, 11) is 0. The molecule has 1 aromatic carbocycles. The Labute approximate surface area is 139 Å². The van der Waals surface area contributed by atoms with E-state index in [0.717, 1.165) is 17.8 Å². The number of morpholine rings is 1. The number of anilines is 1. The highest BCUT2D eigenvalue weighted by atomic mass is 32.1. The van der Waals surface area contributed by atoms with Gasteiger partial charge in [-0.3, -0.25) is 5.32 Å². The molecule has 0 spiro atoms. The van der Waals surface area contributed by atoms with Crippen LogP contribution in [-0.4, -0.2) is 46.9 Å². The van der Waals surface area contributed by atoms with Gasteiger partial charge in [0.25, 0.3) is 0 Å². The number of carbonyl (C=O) groups is 1. The molecule has 0 saturated carbocycles. The predicted octanol–water partition coefficient (Wildman–Crippen LogP) is 2.58. The van der Waals surface area contributed by atoms with Crippen molar-refractivity contribution >= 4 is 22.5 Å². The predicted molar refractivity (Wildman–Crippen MR) is 89.8 cm³/mol. The van der Waals surface area contributed by atoms with Gasteiger partial charge in [-0.1, -0.05) is 48.6 Å². The Morgan fingerprint density at radius 3 is 2.96 bits per heavy atom. The van der Waals surface area contributed by atoms with E-state index >= 15 is 0 Å². The van der Waals surface area contributed by atoms with Gasteiger partial charge in [0.05, 0.1) is 12.7 Å². The van der Waals surface area contributed by atoms with Crippen molar-refractivity contribution in [3.8, 4) is 0 Å². The minimum Gasteiger partial charge on any atom is -0.374 e. The number of benzene rings is 1. The molecule has 1 fully saturated rings. The monoisotopic (exact) mass is 332 g/mol. The first-order valence-electron chi connectivity index (χ1n) is 7.78. The van der Waals surface area contributed by atoms with E-state index in [1.54, 1.807) is 4.90 Å². The smallest absolute Gasteiger partial charge is 0.323 e. The molecule has 6 nitrogen and oxygen atoms in total. The molecule has 0 bridgehead atoms. The third-order valence-corrected chi connectivity index (χ3v) is 4.70.